The van der Waals surface area contributed by atoms with Crippen LogP contribution < -0.4 is 0 Å². The zero-order chi connectivity index (χ0) is 12.0. The van der Waals surface area contributed by atoms with Crippen molar-refractivity contribution in [3.05, 3.63) is 45.5 Å². The first-order valence-electron chi connectivity index (χ1n) is 5.90. The van der Waals surface area contributed by atoms with Crippen LogP contribution >= 0.6 is 0 Å². The highest BCUT2D eigenvalue weighted by atomic mass is 14.1. The Labute approximate surface area is 98.3 Å². The first kappa shape index (κ1) is 11.2. The molecule has 16 heavy (non-hydrogen) atoms. The average Bonchev–Trinajstić information content (AvgIpc) is 2.22. The summed E-state index contributed by atoms with van der Waals surface area (Å²) in [6, 6.07) is 4.63. The van der Waals surface area contributed by atoms with E-state index in [0.29, 0.717) is 0 Å². The molecule has 0 amide bonds. The smallest absolute Gasteiger partial charge is 0.0117 e. The molecule has 0 atom stereocenters. The van der Waals surface area contributed by atoms with Crippen LogP contribution in [0.4, 0.5) is 0 Å². The number of aryl methyl sites for hydroxylation is 5. The minimum absolute atomic E-state index is 1.39. The third-order valence-corrected chi connectivity index (χ3v) is 3.98. The van der Waals surface area contributed by atoms with Gasteiger partial charge in [-0.05, 0) is 85.7 Å². The van der Waals surface area contributed by atoms with Gasteiger partial charge in [-0.2, -0.15) is 0 Å². The Morgan fingerprint density at radius 2 is 1.12 bits per heavy atom. The standard InChI is InChI=1S/C16H20/c1-9-7-11(3)15-8-10(2)12(4)14(6)16(15)13(9)5/h7-8H,1-6H3. The van der Waals surface area contributed by atoms with Crippen LogP contribution in [0.1, 0.15) is 33.4 Å². The van der Waals surface area contributed by atoms with Crippen LogP contribution in [0.2, 0.25) is 0 Å². The van der Waals surface area contributed by atoms with E-state index in [4.69, 9.17) is 0 Å². The molecule has 0 aliphatic carbocycles. The lowest BCUT2D eigenvalue weighted by molar-refractivity contribution is 1.26. The van der Waals surface area contributed by atoms with Crippen LogP contribution in [0.25, 0.3) is 10.8 Å². The molecular formula is C16H20. The maximum Gasteiger partial charge on any atom is -0.0117 e. The Bertz CT molecular complexity index is 575. The molecule has 0 bridgehead atoms. The largest absolute Gasteiger partial charge is 0.0555 e. The summed E-state index contributed by atoms with van der Waals surface area (Å²) in [5, 5.41) is 2.88. The summed E-state index contributed by atoms with van der Waals surface area (Å²) in [5.74, 6) is 0. The zero-order valence-corrected chi connectivity index (χ0v) is 11.2. The summed E-state index contributed by atoms with van der Waals surface area (Å²) >= 11 is 0. The van der Waals surface area contributed by atoms with Crippen molar-refractivity contribution >= 4 is 10.8 Å². The summed E-state index contributed by atoms with van der Waals surface area (Å²) in [6.45, 7) is 13.3. The van der Waals surface area contributed by atoms with E-state index in [1.807, 2.05) is 0 Å². The molecule has 0 nitrogen and oxygen atoms in total. The summed E-state index contributed by atoms with van der Waals surface area (Å²) < 4.78 is 0. The molecular weight excluding hydrogens is 192 g/mol. The average molecular weight is 212 g/mol. The van der Waals surface area contributed by atoms with Gasteiger partial charge in [0.25, 0.3) is 0 Å². The lowest BCUT2D eigenvalue weighted by Crippen LogP contribution is -1.95. The lowest BCUT2D eigenvalue weighted by Gasteiger charge is -2.15. The van der Waals surface area contributed by atoms with E-state index in [1.165, 1.54) is 44.2 Å². The van der Waals surface area contributed by atoms with Crippen LogP contribution in [-0.4, -0.2) is 0 Å². The fraction of sp³-hybridized carbons (Fsp3) is 0.375. The second-order valence-electron chi connectivity index (χ2n) is 5.00. The Kier molecular flexibility index (Phi) is 2.53. The summed E-state index contributed by atoms with van der Waals surface area (Å²) in [4.78, 5) is 0. The van der Waals surface area contributed by atoms with Crippen LogP contribution in [0, 0.1) is 41.5 Å². The molecule has 0 fully saturated rings. The summed E-state index contributed by atoms with van der Waals surface area (Å²) in [5.41, 5.74) is 8.50. The van der Waals surface area contributed by atoms with E-state index in [2.05, 4.69) is 53.7 Å². The zero-order valence-electron chi connectivity index (χ0n) is 11.2. The number of hydrogen-bond acceptors (Lipinski definition) is 0. The Hall–Kier alpha value is -1.30. The maximum absolute atomic E-state index is 2.33. The molecule has 0 N–H and O–H groups in total. The molecule has 0 heterocycles. The summed E-state index contributed by atoms with van der Waals surface area (Å²) in [6.07, 6.45) is 0. The monoisotopic (exact) mass is 212 g/mol. The third-order valence-electron chi connectivity index (χ3n) is 3.98. The SMILES string of the molecule is Cc1cc2c(C)cc(C)c(C)c2c(C)c1C. The van der Waals surface area contributed by atoms with E-state index < -0.39 is 0 Å². The predicted molar refractivity (Wildman–Crippen MR) is 72.4 cm³/mol. The highest BCUT2D eigenvalue weighted by Crippen LogP contribution is 2.31. The van der Waals surface area contributed by atoms with Crippen molar-refractivity contribution in [2.75, 3.05) is 0 Å². The van der Waals surface area contributed by atoms with Gasteiger partial charge in [0, 0.05) is 0 Å². The highest BCUT2D eigenvalue weighted by molar-refractivity contribution is 5.93. The molecule has 2 rings (SSSR count). The number of rotatable bonds is 0. The van der Waals surface area contributed by atoms with E-state index in [-0.39, 0.29) is 0 Å². The van der Waals surface area contributed by atoms with Crippen molar-refractivity contribution in [2.45, 2.75) is 41.5 Å². The van der Waals surface area contributed by atoms with Gasteiger partial charge < -0.3 is 0 Å². The minimum Gasteiger partial charge on any atom is -0.0555 e. The topological polar surface area (TPSA) is 0 Å². The molecule has 0 aliphatic rings. The highest BCUT2D eigenvalue weighted by Gasteiger charge is 2.10. The number of fused-ring (bicyclic) bond motifs is 1. The molecule has 0 heteroatoms. The Morgan fingerprint density at radius 1 is 0.562 bits per heavy atom. The molecule has 84 valence electrons. The van der Waals surface area contributed by atoms with Gasteiger partial charge in [-0.1, -0.05) is 12.1 Å². The molecule has 2 aromatic rings. The van der Waals surface area contributed by atoms with Gasteiger partial charge in [-0.3, -0.25) is 0 Å². The van der Waals surface area contributed by atoms with Gasteiger partial charge in [0.1, 0.15) is 0 Å². The molecule has 0 spiro atoms. The van der Waals surface area contributed by atoms with Crippen molar-refractivity contribution in [1.29, 1.82) is 0 Å². The fourth-order valence-corrected chi connectivity index (χ4v) is 2.58. The van der Waals surface area contributed by atoms with Gasteiger partial charge in [-0.15, -0.1) is 0 Å². The third kappa shape index (κ3) is 1.44. The van der Waals surface area contributed by atoms with Crippen molar-refractivity contribution < 1.29 is 0 Å². The Balaban J connectivity index is 3.07. The maximum atomic E-state index is 2.33. The minimum atomic E-state index is 1.39. The fourth-order valence-electron chi connectivity index (χ4n) is 2.58. The van der Waals surface area contributed by atoms with Gasteiger partial charge >= 0.3 is 0 Å². The molecule has 0 unspecified atom stereocenters. The van der Waals surface area contributed by atoms with Crippen LogP contribution in [0.3, 0.4) is 0 Å². The quantitative estimate of drug-likeness (QED) is 0.594. The molecule has 0 radical (unpaired) electrons. The van der Waals surface area contributed by atoms with Gasteiger partial charge in [0.05, 0.1) is 0 Å². The van der Waals surface area contributed by atoms with E-state index >= 15 is 0 Å². The van der Waals surface area contributed by atoms with Crippen LogP contribution in [0.5, 0.6) is 0 Å². The molecule has 0 saturated carbocycles. The first-order chi connectivity index (χ1) is 7.43. The van der Waals surface area contributed by atoms with Crippen molar-refractivity contribution in [1.82, 2.24) is 0 Å². The second kappa shape index (κ2) is 3.62. The molecule has 2 aromatic carbocycles. The predicted octanol–water partition coefficient (Wildman–Crippen LogP) is 4.69. The number of hydrogen-bond donors (Lipinski definition) is 0. The van der Waals surface area contributed by atoms with E-state index in [1.54, 1.807) is 0 Å². The molecule has 0 aliphatic heterocycles. The molecule has 0 saturated heterocycles. The van der Waals surface area contributed by atoms with Crippen molar-refractivity contribution in [2.24, 2.45) is 0 Å². The van der Waals surface area contributed by atoms with Gasteiger partial charge in [0.2, 0.25) is 0 Å². The second-order valence-corrected chi connectivity index (χ2v) is 5.00. The normalized spacial score (nSPS) is 11.1. The van der Waals surface area contributed by atoms with Crippen LogP contribution in [-0.2, 0) is 0 Å². The number of benzene rings is 2. The van der Waals surface area contributed by atoms with E-state index in [0.717, 1.165) is 0 Å². The van der Waals surface area contributed by atoms with Gasteiger partial charge in [-0.25, -0.2) is 0 Å². The van der Waals surface area contributed by atoms with Crippen molar-refractivity contribution in [3.63, 3.8) is 0 Å². The van der Waals surface area contributed by atoms with Crippen molar-refractivity contribution in [3.8, 4) is 0 Å². The molecule has 0 aromatic heterocycles. The first-order valence-corrected chi connectivity index (χ1v) is 5.90. The van der Waals surface area contributed by atoms with E-state index in [9.17, 15) is 0 Å². The Morgan fingerprint density at radius 3 is 1.75 bits per heavy atom. The summed E-state index contributed by atoms with van der Waals surface area (Å²) in [7, 11) is 0. The van der Waals surface area contributed by atoms with Crippen LogP contribution in [0.15, 0.2) is 12.1 Å². The van der Waals surface area contributed by atoms with Gasteiger partial charge in [0.15, 0.2) is 0 Å². The lowest BCUT2D eigenvalue weighted by atomic mass is 9.89.